The molecule has 1 aliphatic carbocycles. The van der Waals surface area contributed by atoms with Gasteiger partial charge in [0.05, 0.1) is 24.0 Å². The lowest BCUT2D eigenvalue weighted by atomic mass is 9.58. The summed E-state index contributed by atoms with van der Waals surface area (Å²) in [6.45, 7) is 9.72. The van der Waals surface area contributed by atoms with Crippen molar-refractivity contribution in [3.63, 3.8) is 0 Å². The predicted molar refractivity (Wildman–Crippen MR) is 166 cm³/mol. The Morgan fingerprint density at radius 2 is 1.93 bits per heavy atom. The number of carbonyl (C=O) groups excluding carboxylic acids is 1. The minimum Gasteiger partial charge on any atom is -0.494 e. The molecule has 3 aromatic rings. The van der Waals surface area contributed by atoms with Gasteiger partial charge in [0.1, 0.15) is 27.5 Å². The number of hydrogen-bond acceptors (Lipinski definition) is 5. The molecule has 2 aliphatic rings. The van der Waals surface area contributed by atoms with Crippen LogP contribution in [0.4, 0.5) is 10.1 Å². The molecule has 5 rings (SSSR count). The maximum Gasteiger partial charge on any atom is 0.296 e. The van der Waals surface area contributed by atoms with E-state index >= 15 is 4.39 Å². The number of nitrogens with one attached hydrogen (secondary N) is 2. The summed E-state index contributed by atoms with van der Waals surface area (Å²) in [6.07, 6.45) is -0.553. The minimum absolute atomic E-state index is 0.0541. The molecular formula is C33H34Cl2FN4O3+. The number of Topliss-reactive ketones (excluding diaryl/α,β-unsaturated/α-hetero) is 1. The van der Waals surface area contributed by atoms with E-state index in [1.54, 1.807) is 36.4 Å². The van der Waals surface area contributed by atoms with Gasteiger partial charge in [-0.2, -0.15) is 5.26 Å². The number of hydrazine groups is 1. The van der Waals surface area contributed by atoms with Crippen molar-refractivity contribution in [3.8, 4) is 22.9 Å². The molecule has 0 saturated carbocycles. The van der Waals surface area contributed by atoms with E-state index in [1.165, 1.54) is 13.2 Å². The predicted octanol–water partition coefficient (Wildman–Crippen LogP) is 8.05. The maximum atomic E-state index is 16.1. The van der Waals surface area contributed by atoms with Crippen LogP contribution in [-0.2, 0) is 5.41 Å². The quantitative estimate of drug-likeness (QED) is 0.157. The van der Waals surface area contributed by atoms with Crippen molar-refractivity contribution in [1.29, 1.82) is 5.26 Å². The van der Waals surface area contributed by atoms with E-state index in [-0.39, 0.29) is 27.7 Å². The highest BCUT2D eigenvalue weighted by Gasteiger charge is 2.67. The van der Waals surface area contributed by atoms with Gasteiger partial charge >= 0.3 is 0 Å². The van der Waals surface area contributed by atoms with Crippen molar-refractivity contribution >= 4 is 34.7 Å². The second-order valence-corrected chi connectivity index (χ2v) is 13.6. The SMILES string of the molecule is COc1cc(C(=O)C(C)C)ccc1N[N+](=O)[C@@H]1N[C@@H](CC(C)(C)C)[C@]2(C#N)c3c(F)cc(Cl)cc3-c3c(Cl)cccc3[C@@H]12. The van der Waals surface area contributed by atoms with Crippen molar-refractivity contribution in [1.82, 2.24) is 5.32 Å². The topological polar surface area (TPSA) is 94.2 Å². The zero-order chi connectivity index (χ0) is 31.4. The number of methoxy groups -OCH3 is 1. The molecule has 43 heavy (non-hydrogen) atoms. The van der Waals surface area contributed by atoms with E-state index in [0.717, 1.165) is 0 Å². The zero-order valence-electron chi connectivity index (χ0n) is 24.9. The molecule has 7 nitrogen and oxygen atoms in total. The van der Waals surface area contributed by atoms with Gasteiger partial charge in [0.15, 0.2) is 5.78 Å². The Morgan fingerprint density at radius 3 is 2.56 bits per heavy atom. The highest BCUT2D eigenvalue weighted by atomic mass is 35.5. The molecule has 0 amide bonds. The fourth-order valence-electron chi connectivity index (χ4n) is 6.62. The van der Waals surface area contributed by atoms with Crippen molar-refractivity contribution in [2.24, 2.45) is 11.3 Å². The zero-order valence-corrected chi connectivity index (χ0v) is 26.4. The van der Waals surface area contributed by atoms with E-state index in [1.807, 2.05) is 40.7 Å². The summed E-state index contributed by atoms with van der Waals surface area (Å²) < 4.78 is 21.6. The van der Waals surface area contributed by atoms with Gasteiger partial charge in [-0.1, -0.05) is 70.0 Å². The van der Waals surface area contributed by atoms with Crippen molar-refractivity contribution in [3.05, 3.63) is 86.0 Å². The average Bonchev–Trinajstić information content (AvgIpc) is 3.26. The maximum absolute atomic E-state index is 16.1. The number of nitriles is 1. The molecule has 0 aromatic heterocycles. The van der Waals surface area contributed by atoms with Crippen LogP contribution in [0.5, 0.6) is 5.75 Å². The second kappa shape index (κ2) is 11.2. The first-order valence-corrected chi connectivity index (χ1v) is 14.9. The number of nitrogens with zero attached hydrogens (tertiary/aromatic N) is 2. The Hall–Kier alpha value is -3.51. The van der Waals surface area contributed by atoms with E-state index < -0.39 is 29.4 Å². The number of benzene rings is 3. The molecule has 1 fully saturated rings. The smallest absolute Gasteiger partial charge is 0.296 e. The van der Waals surface area contributed by atoms with E-state index in [0.29, 0.717) is 50.0 Å². The lowest BCUT2D eigenvalue weighted by Gasteiger charge is -2.41. The summed E-state index contributed by atoms with van der Waals surface area (Å²) in [7, 11) is 1.46. The molecular weight excluding hydrogens is 590 g/mol. The van der Waals surface area contributed by atoms with Crippen LogP contribution in [0, 0.1) is 33.4 Å². The van der Waals surface area contributed by atoms with Crippen LogP contribution in [0.3, 0.4) is 0 Å². The normalized spacial score (nSPS) is 22.3. The Morgan fingerprint density at radius 1 is 1.21 bits per heavy atom. The van der Waals surface area contributed by atoms with Crippen LogP contribution in [0.15, 0.2) is 48.5 Å². The number of halogens is 3. The van der Waals surface area contributed by atoms with Gasteiger partial charge < -0.3 is 4.74 Å². The number of ether oxygens (including phenoxy) is 1. The molecule has 3 aromatic carbocycles. The summed E-state index contributed by atoms with van der Waals surface area (Å²) in [4.78, 5) is 27.4. The first kappa shape index (κ1) is 30.9. The third kappa shape index (κ3) is 5.18. The lowest BCUT2D eigenvalue weighted by molar-refractivity contribution is -0.565. The van der Waals surface area contributed by atoms with Gasteiger partial charge in [0.2, 0.25) is 0 Å². The number of nitroso groups, excluding NO2 is 1. The van der Waals surface area contributed by atoms with Crippen LogP contribution >= 0.6 is 23.2 Å². The molecule has 1 saturated heterocycles. The van der Waals surface area contributed by atoms with Crippen molar-refractivity contribution < 1.29 is 18.8 Å². The Labute approximate surface area is 260 Å². The van der Waals surface area contributed by atoms with E-state index in [2.05, 4.69) is 16.8 Å². The molecule has 1 aliphatic heterocycles. The Balaban J connectivity index is 1.68. The van der Waals surface area contributed by atoms with Gasteiger partial charge in [0, 0.05) is 38.7 Å². The summed E-state index contributed by atoms with van der Waals surface area (Å²) in [5.41, 5.74) is 3.73. The van der Waals surface area contributed by atoms with Crippen molar-refractivity contribution in [2.45, 2.75) is 64.6 Å². The van der Waals surface area contributed by atoms with Gasteiger partial charge in [-0.05, 0) is 59.4 Å². The highest BCUT2D eigenvalue weighted by molar-refractivity contribution is 6.34. The fourth-order valence-corrected chi connectivity index (χ4v) is 7.11. The molecule has 4 atom stereocenters. The Kier molecular flexibility index (Phi) is 8.06. The fraction of sp³-hybridized carbons (Fsp3) is 0.394. The van der Waals surface area contributed by atoms with E-state index in [9.17, 15) is 15.0 Å². The number of rotatable bonds is 7. The molecule has 2 N–H and O–H groups in total. The molecule has 0 radical (unpaired) electrons. The standard InChI is InChI=1S/C33H33Cl2FN4O3/c1-17(2)30(41)18-10-11-24(25(12-18)43-6)39-40(42)31-29-20-8-7-9-22(35)27(20)21-13-19(34)14-23(36)28(21)33(29,16-37)26(38-31)15-32(3,4)5/h7-14,17,26,29,31,38H,15H2,1-6H3/p+1/t26-,29-,31-,33+/m0/s1. The van der Waals surface area contributed by atoms with Gasteiger partial charge in [0.25, 0.3) is 6.17 Å². The highest BCUT2D eigenvalue weighted by Crippen LogP contribution is 2.60. The van der Waals surface area contributed by atoms with Gasteiger partial charge in [-0.15, -0.1) is 5.43 Å². The largest absolute Gasteiger partial charge is 0.494 e. The first-order valence-electron chi connectivity index (χ1n) is 14.1. The lowest BCUT2D eigenvalue weighted by Crippen LogP contribution is -2.46. The summed E-state index contributed by atoms with van der Waals surface area (Å²) in [6, 6.07) is 14.8. The molecule has 0 spiro atoms. The number of hydrogen-bond donors (Lipinski definition) is 2. The van der Waals surface area contributed by atoms with Crippen LogP contribution in [0.1, 0.15) is 68.4 Å². The number of ketones is 1. The Bertz CT molecular complexity index is 1680. The van der Waals surface area contributed by atoms with Crippen LogP contribution in [0.2, 0.25) is 10.0 Å². The van der Waals surface area contributed by atoms with Crippen LogP contribution in [-0.4, -0.2) is 30.0 Å². The van der Waals surface area contributed by atoms with Gasteiger partial charge in [-0.3, -0.25) is 4.79 Å². The third-order valence-electron chi connectivity index (χ3n) is 8.34. The third-order valence-corrected chi connectivity index (χ3v) is 8.88. The first-order chi connectivity index (χ1) is 20.2. The monoisotopic (exact) mass is 623 g/mol. The minimum atomic E-state index is -1.47. The van der Waals surface area contributed by atoms with Gasteiger partial charge in [-0.25, -0.2) is 9.71 Å². The van der Waals surface area contributed by atoms with Crippen molar-refractivity contribution in [2.75, 3.05) is 12.5 Å². The number of anilines is 1. The molecule has 0 bridgehead atoms. The second-order valence-electron chi connectivity index (χ2n) is 12.8. The van der Waals surface area contributed by atoms with E-state index in [4.69, 9.17) is 27.9 Å². The van der Waals surface area contributed by atoms with Crippen LogP contribution in [0.25, 0.3) is 11.1 Å². The molecule has 10 heteroatoms. The summed E-state index contributed by atoms with van der Waals surface area (Å²) in [5, 5.41) is 15.0. The summed E-state index contributed by atoms with van der Waals surface area (Å²) >= 11 is 13.1. The molecule has 224 valence electrons. The van der Waals surface area contributed by atoms with Crippen LogP contribution < -0.4 is 15.5 Å². The number of carbonyl (C=O) groups is 1. The number of fused-ring (bicyclic) bond motifs is 6. The molecule has 0 unspecified atom stereocenters. The molecule has 1 heterocycles. The summed E-state index contributed by atoms with van der Waals surface area (Å²) in [5.74, 6) is -1.40. The average molecular weight is 625 g/mol.